The number of hydrogen-bond donors (Lipinski definition) is 1. The normalized spacial score (nSPS) is 11.5. The van der Waals surface area contributed by atoms with Crippen molar-refractivity contribution in [1.29, 1.82) is 0 Å². The van der Waals surface area contributed by atoms with E-state index in [0.29, 0.717) is 0 Å². The van der Waals surface area contributed by atoms with E-state index in [0.717, 1.165) is 22.7 Å². The van der Waals surface area contributed by atoms with E-state index in [9.17, 15) is 0 Å². The van der Waals surface area contributed by atoms with E-state index in [1.165, 1.54) is 20.7 Å². The quantitative estimate of drug-likeness (QED) is 0.288. The van der Waals surface area contributed by atoms with Crippen molar-refractivity contribution in [3.05, 3.63) is 115 Å². The van der Waals surface area contributed by atoms with Crippen molar-refractivity contribution in [3.8, 4) is 0 Å². The molecule has 164 valence electrons. The lowest BCUT2D eigenvalue weighted by Crippen LogP contribution is -2.14. The molecule has 4 aromatic carbocycles. The molecule has 0 aliphatic carbocycles. The van der Waals surface area contributed by atoms with Crippen LogP contribution in [0.25, 0.3) is 10.1 Å². The zero-order valence-electron chi connectivity index (χ0n) is 19.2. The van der Waals surface area contributed by atoms with Gasteiger partial charge in [0.25, 0.3) is 0 Å². The van der Waals surface area contributed by atoms with Gasteiger partial charge in [-0.15, -0.1) is 11.3 Å². The van der Waals surface area contributed by atoms with Crippen LogP contribution < -0.4 is 10.2 Å². The van der Waals surface area contributed by atoms with Gasteiger partial charge in [-0.3, -0.25) is 0 Å². The molecule has 3 heteroatoms. The first-order chi connectivity index (χ1) is 16.0. The molecule has 0 atom stereocenters. The lowest BCUT2D eigenvalue weighted by Gasteiger charge is -2.28. The summed E-state index contributed by atoms with van der Waals surface area (Å²) in [6.45, 7) is 6.81. The summed E-state index contributed by atoms with van der Waals surface area (Å²) in [7, 11) is 0. The Morgan fingerprint density at radius 2 is 1.30 bits per heavy atom. The molecule has 0 aliphatic heterocycles. The highest BCUT2D eigenvalue weighted by Gasteiger charge is 2.20. The van der Waals surface area contributed by atoms with Crippen LogP contribution >= 0.6 is 11.3 Å². The second-order valence-electron chi connectivity index (χ2n) is 9.30. The highest BCUT2D eigenvalue weighted by Crippen LogP contribution is 2.43. The summed E-state index contributed by atoms with van der Waals surface area (Å²) >= 11 is 1.82. The smallest absolute Gasteiger partial charge is 0.101 e. The first kappa shape index (κ1) is 21.3. The first-order valence-electron chi connectivity index (χ1n) is 11.3. The maximum atomic E-state index is 3.62. The fourth-order valence-electron chi connectivity index (χ4n) is 3.99. The van der Waals surface area contributed by atoms with Crippen LogP contribution in [-0.2, 0) is 5.41 Å². The summed E-state index contributed by atoms with van der Waals surface area (Å²) < 4.78 is 1.29. The third kappa shape index (κ3) is 4.64. The van der Waals surface area contributed by atoms with Crippen LogP contribution in [-0.4, -0.2) is 0 Å². The van der Waals surface area contributed by atoms with Crippen LogP contribution in [0.15, 0.2) is 109 Å². The standard InChI is InChI=1S/C30H28N2S/c1-30(2,3)23-19-25(31-24-13-6-4-7-14-24)21-27(20-23)32(26-15-8-5-9-16-26)29-18-22-12-10-11-17-28(22)33-29/h4-21,31H,1-3H3. The van der Waals surface area contributed by atoms with Crippen LogP contribution in [0.1, 0.15) is 26.3 Å². The molecule has 0 fully saturated rings. The van der Waals surface area contributed by atoms with Crippen LogP contribution in [0, 0.1) is 0 Å². The minimum Gasteiger partial charge on any atom is -0.355 e. The topological polar surface area (TPSA) is 15.3 Å². The third-order valence-electron chi connectivity index (χ3n) is 5.75. The Balaban J connectivity index is 1.68. The molecule has 1 heterocycles. The maximum Gasteiger partial charge on any atom is 0.101 e. The van der Waals surface area contributed by atoms with Gasteiger partial charge in [-0.2, -0.15) is 0 Å². The van der Waals surface area contributed by atoms with Crippen molar-refractivity contribution < 1.29 is 0 Å². The lowest BCUT2D eigenvalue weighted by atomic mass is 9.86. The molecule has 0 bridgehead atoms. The van der Waals surface area contributed by atoms with Crippen molar-refractivity contribution >= 4 is 49.2 Å². The maximum absolute atomic E-state index is 3.62. The summed E-state index contributed by atoms with van der Waals surface area (Å²) in [5.41, 5.74) is 5.79. The summed E-state index contributed by atoms with van der Waals surface area (Å²) in [5.74, 6) is 0. The lowest BCUT2D eigenvalue weighted by molar-refractivity contribution is 0.590. The van der Waals surface area contributed by atoms with E-state index < -0.39 is 0 Å². The van der Waals surface area contributed by atoms with Crippen molar-refractivity contribution in [2.75, 3.05) is 10.2 Å². The van der Waals surface area contributed by atoms with Crippen LogP contribution in [0.5, 0.6) is 0 Å². The average Bonchev–Trinajstić information content (AvgIpc) is 3.23. The van der Waals surface area contributed by atoms with E-state index in [2.05, 4.69) is 134 Å². The number of hydrogen-bond acceptors (Lipinski definition) is 3. The van der Waals surface area contributed by atoms with Gasteiger partial charge < -0.3 is 10.2 Å². The fourth-order valence-corrected chi connectivity index (χ4v) is 5.10. The Bertz CT molecular complexity index is 1330. The van der Waals surface area contributed by atoms with E-state index >= 15 is 0 Å². The van der Waals surface area contributed by atoms with Gasteiger partial charge in [0.2, 0.25) is 0 Å². The number of thiophene rings is 1. The second kappa shape index (κ2) is 8.76. The number of para-hydroxylation sites is 2. The molecule has 1 aromatic heterocycles. The van der Waals surface area contributed by atoms with Gasteiger partial charge in [0.1, 0.15) is 5.00 Å². The Morgan fingerprint density at radius 3 is 2.00 bits per heavy atom. The van der Waals surface area contributed by atoms with E-state index in [-0.39, 0.29) is 5.41 Å². The SMILES string of the molecule is CC(C)(C)c1cc(Nc2ccccc2)cc(N(c2ccccc2)c2cc3ccccc3s2)c1. The van der Waals surface area contributed by atoms with Crippen LogP contribution in [0.2, 0.25) is 0 Å². The number of nitrogens with zero attached hydrogens (tertiary/aromatic N) is 1. The fraction of sp³-hybridized carbons (Fsp3) is 0.133. The Kier molecular flexibility index (Phi) is 5.65. The molecule has 5 aromatic rings. The monoisotopic (exact) mass is 448 g/mol. The van der Waals surface area contributed by atoms with Crippen molar-refractivity contribution in [2.24, 2.45) is 0 Å². The molecular weight excluding hydrogens is 420 g/mol. The van der Waals surface area contributed by atoms with Crippen LogP contribution in [0.3, 0.4) is 0 Å². The van der Waals surface area contributed by atoms with E-state index in [1.54, 1.807) is 0 Å². The summed E-state index contributed by atoms with van der Waals surface area (Å²) in [6.07, 6.45) is 0. The van der Waals surface area contributed by atoms with Crippen molar-refractivity contribution in [3.63, 3.8) is 0 Å². The minimum atomic E-state index is 0.0195. The molecule has 5 rings (SSSR count). The number of rotatable bonds is 5. The number of nitrogens with one attached hydrogen (secondary N) is 1. The highest BCUT2D eigenvalue weighted by atomic mass is 32.1. The first-order valence-corrected chi connectivity index (χ1v) is 12.1. The Labute approximate surface area is 200 Å². The molecule has 0 saturated heterocycles. The van der Waals surface area contributed by atoms with Gasteiger partial charge in [-0.25, -0.2) is 0 Å². The molecule has 0 amide bonds. The predicted octanol–water partition coefficient (Wildman–Crippen LogP) is 9.41. The zero-order valence-corrected chi connectivity index (χ0v) is 20.1. The Hall–Kier alpha value is -3.56. The molecule has 0 unspecified atom stereocenters. The van der Waals surface area contributed by atoms with Crippen molar-refractivity contribution in [1.82, 2.24) is 0 Å². The summed E-state index contributed by atoms with van der Waals surface area (Å²) in [6, 6.07) is 38.7. The van der Waals surface area contributed by atoms with Gasteiger partial charge >= 0.3 is 0 Å². The Morgan fingerprint density at radius 1 is 0.636 bits per heavy atom. The summed E-state index contributed by atoms with van der Waals surface area (Å²) in [5, 5.41) is 6.10. The van der Waals surface area contributed by atoms with Gasteiger partial charge in [-0.1, -0.05) is 75.4 Å². The molecule has 1 N–H and O–H groups in total. The average molecular weight is 449 g/mol. The summed E-state index contributed by atoms with van der Waals surface area (Å²) in [4.78, 5) is 2.37. The molecule has 0 saturated carbocycles. The van der Waals surface area contributed by atoms with Gasteiger partial charge in [0.15, 0.2) is 0 Å². The van der Waals surface area contributed by atoms with Gasteiger partial charge in [-0.05, 0) is 71.0 Å². The van der Waals surface area contributed by atoms with Gasteiger partial charge in [0.05, 0.1) is 0 Å². The highest BCUT2D eigenvalue weighted by molar-refractivity contribution is 7.23. The van der Waals surface area contributed by atoms with Crippen molar-refractivity contribution in [2.45, 2.75) is 26.2 Å². The predicted molar refractivity (Wildman–Crippen MR) is 145 cm³/mol. The molecule has 33 heavy (non-hydrogen) atoms. The number of fused-ring (bicyclic) bond motifs is 1. The molecule has 0 radical (unpaired) electrons. The molecule has 0 spiro atoms. The largest absolute Gasteiger partial charge is 0.355 e. The molecule has 0 aliphatic rings. The number of benzene rings is 4. The van der Waals surface area contributed by atoms with Crippen LogP contribution in [0.4, 0.5) is 27.8 Å². The minimum absolute atomic E-state index is 0.0195. The second-order valence-corrected chi connectivity index (χ2v) is 10.4. The molecular formula is C30H28N2S. The van der Waals surface area contributed by atoms with E-state index in [4.69, 9.17) is 0 Å². The third-order valence-corrected chi connectivity index (χ3v) is 6.85. The van der Waals surface area contributed by atoms with Gasteiger partial charge in [0, 0.05) is 27.4 Å². The number of anilines is 5. The molecule has 2 nitrogen and oxygen atoms in total. The zero-order chi connectivity index (χ0) is 22.8. The van der Waals surface area contributed by atoms with E-state index in [1.807, 2.05) is 17.4 Å².